The van der Waals surface area contributed by atoms with E-state index in [0.717, 1.165) is 58.3 Å². The largest absolute Gasteiger partial charge is 0.468 e. The predicted molar refractivity (Wildman–Crippen MR) is 82.3 cm³/mol. The first-order chi connectivity index (χ1) is 10.1. The van der Waals surface area contributed by atoms with Gasteiger partial charge in [-0.15, -0.1) is 0 Å². The van der Waals surface area contributed by atoms with Crippen LogP contribution in [0, 0.1) is 0 Å². The van der Waals surface area contributed by atoms with Gasteiger partial charge in [0, 0.05) is 25.7 Å². The first kappa shape index (κ1) is 16.7. The van der Waals surface area contributed by atoms with E-state index in [0.29, 0.717) is 6.04 Å². The van der Waals surface area contributed by atoms with Crippen LogP contribution in [0.1, 0.15) is 46.0 Å². The van der Waals surface area contributed by atoms with Crippen LogP contribution in [0.25, 0.3) is 0 Å². The summed E-state index contributed by atoms with van der Waals surface area (Å²) in [5.74, 6) is -0.119. The van der Waals surface area contributed by atoms with Gasteiger partial charge in [0.1, 0.15) is 5.54 Å². The number of carbonyl (C=O) groups excluding carboxylic acids is 1. The maximum atomic E-state index is 12.4. The van der Waals surface area contributed by atoms with Crippen LogP contribution in [-0.2, 0) is 14.3 Å². The van der Waals surface area contributed by atoms with Crippen molar-refractivity contribution in [3.8, 4) is 0 Å². The molecule has 0 aromatic heterocycles. The zero-order chi connectivity index (χ0) is 15.3. The highest BCUT2D eigenvalue weighted by molar-refractivity contribution is 5.80. The Bertz CT molecular complexity index is 342. The van der Waals surface area contributed by atoms with Gasteiger partial charge in [0.05, 0.1) is 13.2 Å². The fourth-order valence-electron chi connectivity index (χ4n) is 3.43. The van der Waals surface area contributed by atoms with Crippen LogP contribution in [0.5, 0.6) is 0 Å². The molecular weight excluding hydrogens is 268 g/mol. The van der Waals surface area contributed by atoms with Crippen molar-refractivity contribution < 1.29 is 14.3 Å². The van der Waals surface area contributed by atoms with Gasteiger partial charge in [0.2, 0.25) is 0 Å². The summed E-state index contributed by atoms with van der Waals surface area (Å²) in [6.07, 6.45) is 5.13. The topological polar surface area (TPSA) is 50.8 Å². The summed E-state index contributed by atoms with van der Waals surface area (Å²) in [4.78, 5) is 14.8. The minimum atomic E-state index is -0.537. The Morgan fingerprint density at radius 3 is 2.81 bits per heavy atom. The highest BCUT2D eigenvalue weighted by Crippen LogP contribution is 2.26. The van der Waals surface area contributed by atoms with E-state index >= 15 is 0 Å². The van der Waals surface area contributed by atoms with E-state index in [9.17, 15) is 4.79 Å². The zero-order valence-corrected chi connectivity index (χ0v) is 13.7. The molecule has 2 atom stereocenters. The van der Waals surface area contributed by atoms with Gasteiger partial charge in [-0.3, -0.25) is 10.1 Å². The first-order valence-corrected chi connectivity index (χ1v) is 8.26. The lowest BCUT2D eigenvalue weighted by Gasteiger charge is -2.32. The molecule has 2 fully saturated rings. The lowest BCUT2D eigenvalue weighted by Crippen LogP contribution is -2.55. The Labute approximate surface area is 128 Å². The molecule has 2 aliphatic heterocycles. The zero-order valence-electron chi connectivity index (χ0n) is 13.7. The Morgan fingerprint density at radius 1 is 1.38 bits per heavy atom. The second kappa shape index (κ2) is 7.56. The second-order valence-electron chi connectivity index (χ2n) is 6.57. The molecule has 0 aromatic carbocycles. The van der Waals surface area contributed by atoms with Crippen molar-refractivity contribution in [2.75, 3.05) is 33.4 Å². The maximum absolute atomic E-state index is 12.4. The van der Waals surface area contributed by atoms with E-state index in [1.54, 1.807) is 0 Å². The predicted octanol–water partition coefficient (Wildman–Crippen LogP) is 1.56. The standard InChI is InChI=1S/C16H30N2O3/c1-13(2)18-9-5-7-16(8-10-18,15(19)20-3)17-12-14-6-4-11-21-14/h13-14,17H,4-12H2,1-3H3. The lowest BCUT2D eigenvalue weighted by atomic mass is 9.90. The van der Waals surface area contributed by atoms with Crippen LogP contribution in [0.15, 0.2) is 0 Å². The number of hydrogen-bond donors (Lipinski definition) is 1. The molecule has 2 unspecified atom stereocenters. The van der Waals surface area contributed by atoms with Crippen molar-refractivity contribution in [2.24, 2.45) is 0 Å². The molecular formula is C16H30N2O3. The monoisotopic (exact) mass is 298 g/mol. The van der Waals surface area contributed by atoms with Gasteiger partial charge in [0.15, 0.2) is 0 Å². The molecule has 0 bridgehead atoms. The summed E-state index contributed by atoms with van der Waals surface area (Å²) in [6, 6.07) is 0.525. The SMILES string of the molecule is COC(=O)C1(NCC2CCCO2)CCCN(C(C)C)CC1. The second-order valence-corrected chi connectivity index (χ2v) is 6.57. The number of nitrogens with one attached hydrogen (secondary N) is 1. The Hall–Kier alpha value is -0.650. The maximum Gasteiger partial charge on any atom is 0.326 e. The van der Waals surface area contributed by atoms with Crippen molar-refractivity contribution >= 4 is 5.97 Å². The van der Waals surface area contributed by atoms with Crippen molar-refractivity contribution in [3.63, 3.8) is 0 Å². The summed E-state index contributed by atoms with van der Waals surface area (Å²) in [6.45, 7) is 8.01. The smallest absolute Gasteiger partial charge is 0.326 e. The summed E-state index contributed by atoms with van der Waals surface area (Å²) in [5, 5.41) is 3.50. The molecule has 2 rings (SSSR count). The van der Waals surface area contributed by atoms with Gasteiger partial charge in [0.25, 0.3) is 0 Å². The minimum absolute atomic E-state index is 0.119. The molecule has 0 aliphatic carbocycles. The Morgan fingerprint density at radius 2 is 2.19 bits per heavy atom. The van der Waals surface area contributed by atoms with Crippen LogP contribution >= 0.6 is 0 Å². The summed E-state index contributed by atoms with van der Waals surface area (Å²) in [7, 11) is 1.49. The molecule has 122 valence electrons. The van der Waals surface area contributed by atoms with E-state index in [1.807, 2.05) is 0 Å². The molecule has 2 saturated heterocycles. The van der Waals surface area contributed by atoms with Gasteiger partial charge >= 0.3 is 5.97 Å². The average molecular weight is 298 g/mol. The van der Waals surface area contributed by atoms with Gasteiger partial charge < -0.3 is 14.4 Å². The molecule has 0 radical (unpaired) electrons. The third kappa shape index (κ3) is 4.18. The fraction of sp³-hybridized carbons (Fsp3) is 0.938. The normalized spacial score (nSPS) is 31.3. The summed E-state index contributed by atoms with van der Waals surface area (Å²) in [5.41, 5.74) is -0.537. The van der Waals surface area contributed by atoms with Gasteiger partial charge in [-0.2, -0.15) is 0 Å². The van der Waals surface area contributed by atoms with Crippen molar-refractivity contribution in [2.45, 2.75) is 63.6 Å². The van der Waals surface area contributed by atoms with Gasteiger partial charge in [-0.05, 0) is 52.5 Å². The average Bonchev–Trinajstić information content (AvgIpc) is 2.90. The molecule has 0 saturated carbocycles. The third-order valence-corrected chi connectivity index (χ3v) is 4.87. The van der Waals surface area contributed by atoms with Crippen molar-refractivity contribution in [1.29, 1.82) is 0 Å². The van der Waals surface area contributed by atoms with Gasteiger partial charge in [-0.1, -0.05) is 0 Å². The molecule has 5 nitrogen and oxygen atoms in total. The van der Waals surface area contributed by atoms with Gasteiger partial charge in [-0.25, -0.2) is 0 Å². The number of likely N-dealkylation sites (tertiary alicyclic amines) is 1. The molecule has 1 N–H and O–H groups in total. The summed E-state index contributed by atoms with van der Waals surface area (Å²) >= 11 is 0. The minimum Gasteiger partial charge on any atom is -0.468 e. The van der Waals surface area contributed by atoms with Crippen LogP contribution in [0.2, 0.25) is 0 Å². The number of carbonyl (C=O) groups is 1. The molecule has 0 amide bonds. The molecule has 0 spiro atoms. The van der Waals surface area contributed by atoms with E-state index in [2.05, 4.69) is 24.1 Å². The highest BCUT2D eigenvalue weighted by Gasteiger charge is 2.41. The van der Waals surface area contributed by atoms with Crippen molar-refractivity contribution in [1.82, 2.24) is 10.2 Å². The number of methoxy groups -OCH3 is 1. The molecule has 2 aliphatic rings. The third-order valence-electron chi connectivity index (χ3n) is 4.87. The molecule has 5 heteroatoms. The van der Waals surface area contributed by atoms with Crippen LogP contribution in [0.4, 0.5) is 0 Å². The van der Waals surface area contributed by atoms with E-state index in [1.165, 1.54) is 7.11 Å². The van der Waals surface area contributed by atoms with Crippen LogP contribution < -0.4 is 5.32 Å². The van der Waals surface area contributed by atoms with Crippen LogP contribution in [0.3, 0.4) is 0 Å². The van der Waals surface area contributed by atoms with E-state index in [4.69, 9.17) is 9.47 Å². The van der Waals surface area contributed by atoms with Crippen molar-refractivity contribution in [3.05, 3.63) is 0 Å². The van der Waals surface area contributed by atoms with Crippen LogP contribution in [-0.4, -0.2) is 61.9 Å². The fourth-order valence-corrected chi connectivity index (χ4v) is 3.43. The molecule has 0 aromatic rings. The summed E-state index contributed by atoms with van der Waals surface area (Å²) < 4.78 is 10.8. The first-order valence-electron chi connectivity index (χ1n) is 8.26. The van der Waals surface area contributed by atoms with E-state index in [-0.39, 0.29) is 12.1 Å². The number of nitrogens with zero attached hydrogens (tertiary/aromatic N) is 1. The number of esters is 1. The highest BCUT2D eigenvalue weighted by atomic mass is 16.5. The number of rotatable bonds is 5. The number of hydrogen-bond acceptors (Lipinski definition) is 5. The Kier molecular flexibility index (Phi) is 6.02. The molecule has 2 heterocycles. The molecule has 21 heavy (non-hydrogen) atoms. The quantitative estimate of drug-likeness (QED) is 0.781. The Balaban J connectivity index is 2.00. The van der Waals surface area contributed by atoms with E-state index < -0.39 is 5.54 Å². The number of ether oxygens (including phenoxy) is 2. The lowest BCUT2D eigenvalue weighted by molar-refractivity contribution is -0.149.